The summed E-state index contributed by atoms with van der Waals surface area (Å²) in [6, 6.07) is 4.79. The first-order chi connectivity index (χ1) is 9.67. The quantitative estimate of drug-likeness (QED) is 0.833. The summed E-state index contributed by atoms with van der Waals surface area (Å²) in [4.78, 5) is 2.48. The summed E-state index contributed by atoms with van der Waals surface area (Å²) in [5, 5.41) is 0.497. The molecule has 0 amide bonds. The van der Waals surface area contributed by atoms with Crippen molar-refractivity contribution in [3.05, 3.63) is 34.6 Å². The van der Waals surface area contributed by atoms with Crippen molar-refractivity contribution in [3.8, 4) is 0 Å². The smallest absolute Gasteiger partial charge is 0.124 e. The van der Waals surface area contributed by atoms with E-state index >= 15 is 0 Å². The van der Waals surface area contributed by atoms with Gasteiger partial charge >= 0.3 is 0 Å². The van der Waals surface area contributed by atoms with E-state index in [4.69, 9.17) is 17.3 Å². The van der Waals surface area contributed by atoms with Crippen LogP contribution in [0.5, 0.6) is 0 Å². The second-order valence-electron chi connectivity index (χ2n) is 6.26. The Morgan fingerprint density at radius 1 is 1.20 bits per heavy atom. The van der Waals surface area contributed by atoms with Gasteiger partial charge in [0.25, 0.3) is 0 Å². The Hall–Kier alpha value is -0.640. The highest BCUT2D eigenvalue weighted by Gasteiger charge is 2.33. The van der Waals surface area contributed by atoms with Gasteiger partial charge in [-0.25, -0.2) is 4.39 Å². The normalized spacial score (nSPS) is 20.4. The molecule has 1 aromatic carbocycles. The predicted octanol–water partition coefficient (Wildman–Crippen LogP) is 3.60. The summed E-state index contributed by atoms with van der Waals surface area (Å²) in [7, 11) is 0. The van der Waals surface area contributed by atoms with E-state index in [2.05, 4.69) is 4.90 Å². The van der Waals surface area contributed by atoms with E-state index in [1.165, 1.54) is 37.8 Å². The molecule has 0 radical (unpaired) electrons. The van der Waals surface area contributed by atoms with Gasteiger partial charge in [-0.3, -0.25) is 4.90 Å². The van der Waals surface area contributed by atoms with E-state index in [1.54, 1.807) is 6.07 Å². The number of rotatable bonds is 7. The highest BCUT2D eigenvalue weighted by Crippen LogP contribution is 2.38. The molecule has 1 aromatic rings. The number of hydrogen-bond acceptors (Lipinski definition) is 2. The summed E-state index contributed by atoms with van der Waals surface area (Å²) in [6.45, 7) is 2.74. The van der Waals surface area contributed by atoms with Crippen LogP contribution in [0, 0.1) is 17.7 Å². The molecule has 1 atom stereocenters. The molecule has 2 aliphatic rings. The molecule has 2 fully saturated rings. The second kappa shape index (κ2) is 6.00. The predicted molar refractivity (Wildman–Crippen MR) is 80.2 cm³/mol. The molecular weight excluding hydrogens is 275 g/mol. The third-order valence-corrected chi connectivity index (χ3v) is 4.69. The zero-order valence-corrected chi connectivity index (χ0v) is 12.5. The molecule has 1 unspecified atom stereocenters. The minimum atomic E-state index is -0.287. The number of nitrogens with zero attached hydrogens (tertiary/aromatic N) is 1. The summed E-state index contributed by atoms with van der Waals surface area (Å²) in [6.07, 6.45) is 5.32. The highest BCUT2D eigenvalue weighted by atomic mass is 35.5. The van der Waals surface area contributed by atoms with E-state index in [0.717, 1.165) is 30.5 Å². The van der Waals surface area contributed by atoms with Crippen LogP contribution in [0.2, 0.25) is 5.02 Å². The first-order valence-electron chi connectivity index (χ1n) is 7.56. The minimum absolute atomic E-state index is 0.115. The van der Waals surface area contributed by atoms with Gasteiger partial charge in [0.2, 0.25) is 0 Å². The van der Waals surface area contributed by atoms with Crippen LogP contribution in [-0.2, 0) is 0 Å². The van der Waals surface area contributed by atoms with Gasteiger partial charge in [-0.1, -0.05) is 17.7 Å². The number of nitrogens with two attached hydrogens (primary N) is 1. The van der Waals surface area contributed by atoms with Gasteiger partial charge in [-0.05, 0) is 55.2 Å². The third-order valence-electron chi connectivity index (χ3n) is 4.36. The summed E-state index contributed by atoms with van der Waals surface area (Å²) < 4.78 is 13.2. The van der Waals surface area contributed by atoms with Crippen molar-refractivity contribution in [3.63, 3.8) is 0 Å². The lowest BCUT2D eigenvalue weighted by Crippen LogP contribution is -2.37. The second-order valence-corrected chi connectivity index (χ2v) is 6.67. The molecule has 0 saturated heterocycles. The third kappa shape index (κ3) is 3.51. The standard InChI is InChI=1S/C16H22ClFN2/c17-15-7-13(18)5-6-14(15)16(8-19)20(9-11-1-2-11)10-12-3-4-12/h5-7,11-12,16H,1-4,8-10,19H2. The zero-order valence-electron chi connectivity index (χ0n) is 11.7. The van der Waals surface area contributed by atoms with Crippen molar-refractivity contribution in [2.45, 2.75) is 31.7 Å². The average molecular weight is 297 g/mol. The van der Waals surface area contributed by atoms with Crippen LogP contribution >= 0.6 is 11.6 Å². The van der Waals surface area contributed by atoms with Crippen molar-refractivity contribution in [2.75, 3.05) is 19.6 Å². The Bertz CT molecular complexity index is 458. The van der Waals surface area contributed by atoms with E-state index < -0.39 is 0 Å². The van der Waals surface area contributed by atoms with Crippen molar-refractivity contribution >= 4 is 11.6 Å². The molecule has 2 N–H and O–H groups in total. The monoisotopic (exact) mass is 296 g/mol. The molecule has 0 bridgehead atoms. The zero-order chi connectivity index (χ0) is 14.1. The molecule has 4 heteroatoms. The maximum Gasteiger partial charge on any atom is 0.124 e. The topological polar surface area (TPSA) is 29.3 Å². The fraction of sp³-hybridized carbons (Fsp3) is 0.625. The van der Waals surface area contributed by atoms with Crippen molar-refractivity contribution < 1.29 is 4.39 Å². The molecule has 0 aromatic heterocycles. The van der Waals surface area contributed by atoms with Crippen molar-refractivity contribution in [1.29, 1.82) is 0 Å². The Morgan fingerprint density at radius 2 is 1.80 bits per heavy atom. The molecule has 2 saturated carbocycles. The van der Waals surface area contributed by atoms with E-state index in [-0.39, 0.29) is 11.9 Å². The van der Waals surface area contributed by atoms with E-state index in [0.29, 0.717) is 11.6 Å². The lowest BCUT2D eigenvalue weighted by Gasteiger charge is -2.32. The highest BCUT2D eigenvalue weighted by molar-refractivity contribution is 6.31. The van der Waals surface area contributed by atoms with Crippen LogP contribution in [0.1, 0.15) is 37.3 Å². The number of hydrogen-bond donors (Lipinski definition) is 1. The van der Waals surface area contributed by atoms with Gasteiger partial charge in [0.15, 0.2) is 0 Å². The van der Waals surface area contributed by atoms with Crippen LogP contribution in [0.4, 0.5) is 4.39 Å². The average Bonchev–Trinajstić information content (AvgIpc) is 3.28. The van der Waals surface area contributed by atoms with Crippen LogP contribution < -0.4 is 5.73 Å². The maximum atomic E-state index is 13.2. The van der Waals surface area contributed by atoms with E-state index in [9.17, 15) is 4.39 Å². The van der Waals surface area contributed by atoms with Crippen LogP contribution in [0.3, 0.4) is 0 Å². The fourth-order valence-electron chi connectivity index (χ4n) is 2.84. The van der Waals surface area contributed by atoms with Crippen molar-refractivity contribution in [1.82, 2.24) is 4.90 Å². The summed E-state index contributed by atoms with van der Waals surface area (Å²) in [5.41, 5.74) is 6.98. The van der Waals surface area contributed by atoms with Gasteiger partial charge in [0, 0.05) is 30.7 Å². The van der Waals surface area contributed by atoms with Gasteiger partial charge in [-0.15, -0.1) is 0 Å². The molecule has 2 nitrogen and oxygen atoms in total. The van der Waals surface area contributed by atoms with Crippen LogP contribution in [-0.4, -0.2) is 24.5 Å². The molecule has 110 valence electrons. The molecule has 0 aliphatic heterocycles. The van der Waals surface area contributed by atoms with Gasteiger partial charge in [-0.2, -0.15) is 0 Å². The summed E-state index contributed by atoms with van der Waals surface area (Å²) >= 11 is 6.23. The van der Waals surface area contributed by atoms with Gasteiger partial charge in [0.1, 0.15) is 5.82 Å². The number of benzene rings is 1. The maximum absolute atomic E-state index is 13.2. The number of halogens is 2. The van der Waals surface area contributed by atoms with Crippen LogP contribution in [0.25, 0.3) is 0 Å². The fourth-order valence-corrected chi connectivity index (χ4v) is 3.13. The lowest BCUT2D eigenvalue weighted by molar-refractivity contribution is 0.185. The largest absolute Gasteiger partial charge is 0.329 e. The van der Waals surface area contributed by atoms with Gasteiger partial charge < -0.3 is 5.73 Å². The first-order valence-corrected chi connectivity index (χ1v) is 7.94. The van der Waals surface area contributed by atoms with Gasteiger partial charge in [0.05, 0.1) is 0 Å². The van der Waals surface area contributed by atoms with Crippen molar-refractivity contribution in [2.24, 2.45) is 17.6 Å². The molecule has 20 heavy (non-hydrogen) atoms. The molecule has 3 rings (SSSR count). The van der Waals surface area contributed by atoms with E-state index in [1.807, 2.05) is 0 Å². The Labute approximate surface area is 125 Å². The molecule has 0 spiro atoms. The Balaban J connectivity index is 1.79. The molecule has 0 heterocycles. The Kier molecular flexibility index (Phi) is 4.29. The minimum Gasteiger partial charge on any atom is -0.329 e. The molecule has 2 aliphatic carbocycles. The first kappa shape index (κ1) is 14.3. The molecular formula is C16H22ClFN2. The Morgan fingerprint density at radius 3 is 2.25 bits per heavy atom. The SMILES string of the molecule is NCC(c1ccc(F)cc1Cl)N(CC1CC1)CC1CC1. The lowest BCUT2D eigenvalue weighted by atomic mass is 10.0. The summed E-state index contributed by atoms with van der Waals surface area (Å²) in [5.74, 6) is 1.36. The van der Waals surface area contributed by atoms with Crippen LogP contribution in [0.15, 0.2) is 18.2 Å².